The quantitative estimate of drug-likeness (QED) is 0.772. The van der Waals surface area contributed by atoms with E-state index < -0.39 is 0 Å². The van der Waals surface area contributed by atoms with E-state index in [1.165, 1.54) is 0 Å². The lowest BCUT2D eigenvalue weighted by Gasteiger charge is -2.23. The number of ether oxygens (including phenoxy) is 2. The van der Waals surface area contributed by atoms with E-state index in [1.54, 1.807) is 6.07 Å². The number of benzene rings is 1. The molecular formula is C12H11ClO4. The monoisotopic (exact) mass is 254 g/mol. The maximum absolute atomic E-state index is 10.9. The number of halogens is 1. The van der Waals surface area contributed by atoms with Gasteiger partial charge in [0.15, 0.2) is 17.8 Å². The van der Waals surface area contributed by atoms with Crippen LogP contribution in [0, 0.1) is 0 Å². The molecule has 1 aliphatic rings. The summed E-state index contributed by atoms with van der Waals surface area (Å²) in [7, 11) is 0. The molecule has 0 spiro atoms. The van der Waals surface area contributed by atoms with Gasteiger partial charge in [-0.2, -0.15) is 0 Å². The molecule has 0 unspecified atom stereocenters. The largest absolute Gasteiger partial charge is 0.486 e. The number of aldehydes is 2. The lowest BCUT2D eigenvalue weighted by molar-refractivity contribution is -0.107. The summed E-state index contributed by atoms with van der Waals surface area (Å²) < 4.78 is 10.9. The van der Waals surface area contributed by atoms with Gasteiger partial charge in [-0.3, -0.25) is 4.79 Å². The molecule has 0 N–H and O–H groups in total. The average molecular weight is 255 g/mol. The van der Waals surface area contributed by atoms with Crippen molar-refractivity contribution in [2.75, 3.05) is 13.2 Å². The van der Waals surface area contributed by atoms with Crippen molar-refractivity contribution in [3.8, 4) is 11.5 Å². The number of hydrogen-bond donors (Lipinski definition) is 0. The van der Waals surface area contributed by atoms with Gasteiger partial charge in [-0.1, -0.05) is 11.6 Å². The van der Waals surface area contributed by atoms with Gasteiger partial charge in [-0.05, 0) is 18.1 Å². The Hall–Kier alpha value is -1.55. The Morgan fingerprint density at radius 3 is 2.59 bits per heavy atom. The highest BCUT2D eigenvalue weighted by Crippen LogP contribution is 2.40. The van der Waals surface area contributed by atoms with Gasteiger partial charge in [0, 0.05) is 6.42 Å². The van der Waals surface area contributed by atoms with Gasteiger partial charge in [0.2, 0.25) is 0 Å². The Morgan fingerprint density at radius 2 is 1.94 bits per heavy atom. The van der Waals surface area contributed by atoms with E-state index in [9.17, 15) is 9.59 Å². The van der Waals surface area contributed by atoms with Crippen LogP contribution in [-0.4, -0.2) is 25.8 Å². The van der Waals surface area contributed by atoms with Crippen LogP contribution in [-0.2, 0) is 11.2 Å². The summed E-state index contributed by atoms with van der Waals surface area (Å²) in [6, 6.07) is 1.66. The van der Waals surface area contributed by atoms with Crippen LogP contribution in [0.4, 0.5) is 0 Å². The topological polar surface area (TPSA) is 52.6 Å². The Morgan fingerprint density at radius 1 is 1.24 bits per heavy atom. The molecule has 17 heavy (non-hydrogen) atoms. The molecule has 0 aliphatic carbocycles. The van der Waals surface area contributed by atoms with Crippen molar-refractivity contribution in [3.05, 3.63) is 22.2 Å². The molecule has 2 rings (SSSR count). The number of hydrogen-bond acceptors (Lipinski definition) is 4. The third-order valence-electron chi connectivity index (χ3n) is 2.53. The minimum Gasteiger partial charge on any atom is -0.486 e. The van der Waals surface area contributed by atoms with E-state index in [-0.39, 0.29) is 0 Å². The zero-order chi connectivity index (χ0) is 12.3. The van der Waals surface area contributed by atoms with E-state index >= 15 is 0 Å². The fourth-order valence-electron chi connectivity index (χ4n) is 1.77. The third kappa shape index (κ3) is 2.26. The normalized spacial score (nSPS) is 13.2. The van der Waals surface area contributed by atoms with Crippen LogP contribution in [0.3, 0.4) is 0 Å². The lowest BCUT2D eigenvalue weighted by Crippen LogP contribution is -2.18. The number of carbonyl (C=O) groups is 2. The Balaban J connectivity index is 2.49. The lowest BCUT2D eigenvalue weighted by atomic mass is 10.0. The van der Waals surface area contributed by atoms with Crippen LogP contribution in [0.5, 0.6) is 11.5 Å². The molecule has 1 aliphatic heterocycles. The van der Waals surface area contributed by atoms with Crippen molar-refractivity contribution in [2.24, 2.45) is 0 Å². The molecule has 1 aromatic rings. The van der Waals surface area contributed by atoms with Crippen LogP contribution in [0.2, 0.25) is 5.02 Å². The smallest absolute Gasteiger partial charge is 0.173 e. The fourth-order valence-corrected chi connectivity index (χ4v) is 2.03. The molecule has 1 heterocycles. The average Bonchev–Trinajstić information content (AvgIpc) is 2.36. The number of fused-ring (bicyclic) bond motifs is 1. The first-order valence-corrected chi connectivity index (χ1v) is 5.65. The second-order valence-corrected chi connectivity index (χ2v) is 4.02. The highest BCUT2D eigenvalue weighted by molar-refractivity contribution is 6.33. The van der Waals surface area contributed by atoms with E-state index in [0.717, 1.165) is 11.8 Å². The number of rotatable bonds is 4. The zero-order valence-corrected chi connectivity index (χ0v) is 9.83. The van der Waals surface area contributed by atoms with Crippen molar-refractivity contribution in [1.29, 1.82) is 0 Å². The molecule has 90 valence electrons. The van der Waals surface area contributed by atoms with E-state index in [1.807, 2.05) is 0 Å². The van der Waals surface area contributed by atoms with Crippen molar-refractivity contribution in [1.82, 2.24) is 0 Å². The van der Waals surface area contributed by atoms with E-state index in [0.29, 0.717) is 54.4 Å². The first-order chi connectivity index (χ1) is 8.27. The summed E-state index contributed by atoms with van der Waals surface area (Å²) in [5.74, 6) is 0.921. The minimum atomic E-state index is 0.302. The maximum atomic E-state index is 10.9. The van der Waals surface area contributed by atoms with Crippen LogP contribution in [0.1, 0.15) is 22.3 Å². The van der Waals surface area contributed by atoms with Gasteiger partial charge >= 0.3 is 0 Å². The third-order valence-corrected chi connectivity index (χ3v) is 2.84. The molecule has 0 bridgehead atoms. The second kappa shape index (κ2) is 5.19. The maximum Gasteiger partial charge on any atom is 0.173 e. The van der Waals surface area contributed by atoms with Gasteiger partial charge < -0.3 is 14.3 Å². The number of carbonyl (C=O) groups excluding carboxylic acids is 2. The van der Waals surface area contributed by atoms with Crippen molar-refractivity contribution in [2.45, 2.75) is 12.8 Å². The van der Waals surface area contributed by atoms with Gasteiger partial charge in [0.1, 0.15) is 19.5 Å². The summed E-state index contributed by atoms with van der Waals surface area (Å²) >= 11 is 5.99. The van der Waals surface area contributed by atoms with Crippen LogP contribution in [0.15, 0.2) is 6.07 Å². The van der Waals surface area contributed by atoms with Crippen molar-refractivity contribution in [3.63, 3.8) is 0 Å². The standard InChI is InChI=1S/C12H11ClO4/c13-10-6-8(2-1-3-14)11-12(9(10)7-15)17-5-4-16-11/h3,6-7H,1-2,4-5H2. The Bertz CT molecular complexity index is 456. The predicted molar refractivity (Wildman–Crippen MR) is 62.2 cm³/mol. The summed E-state index contributed by atoms with van der Waals surface area (Å²) in [5.41, 5.74) is 1.10. The summed E-state index contributed by atoms with van der Waals surface area (Å²) in [6.45, 7) is 0.822. The van der Waals surface area contributed by atoms with Gasteiger partial charge in [-0.15, -0.1) is 0 Å². The van der Waals surface area contributed by atoms with Crippen LogP contribution >= 0.6 is 11.6 Å². The molecule has 0 atom stereocenters. The first-order valence-electron chi connectivity index (χ1n) is 5.27. The number of aryl methyl sites for hydroxylation is 1. The molecule has 0 aromatic heterocycles. The molecule has 0 saturated carbocycles. The van der Waals surface area contributed by atoms with E-state index in [4.69, 9.17) is 21.1 Å². The molecule has 0 fully saturated rings. The zero-order valence-electron chi connectivity index (χ0n) is 9.07. The molecule has 5 heteroatoms. The Kier molecular flexibility index (Phi) is 3.64. The SMILES string of the molecule is O=CCCc1cc(Cl)c(C=O)c2c1OCCO2. The minimum absolute atomic E-state index is 0.302. The molecule has 1 aromatic carbocycles. The van der Waals surface area contributed by atoms with Gasteiger partial charge in [0.05, 0.1) is 10.6 Å². The highest BCUT2D eigenvalue weighted by atomic mass is 35.5. The molecule has 4 nitrogen and oxygen atoms in total. The van der Waals surface area contributed by atoms with Gasteiger partial charge in [0.25, 0.3) is 0 Å². The fraction of sp³-hybridized carbons (Fsp3) is 0.333. The molecule has 0 saturated heterocycles. The summed E-state index contributed by atoms with van der Waals surface area (Å²) in [6.07, 6.45) is 2.39. The molecule has 0 amide bonds. The predicted octanol–water partition coefficient (Wildman–Crippen LogP) is 2.06. The summed E-state index contributed by atoms with van der Waals surface area (Å²) in [4.78, 5) is 21.3. The van der Waals surface area contributed by atoms with E-state index in [2.05, 4.69) is 0 Å². The molecular weight excluding hydrogens is 244 g/mol. The van der Waals surface area contributed by atoms with Crippen molar-refractivity contribution < 1.29 is 19.1 Å². The second-order valence-electron chi connectivity index (χ2n) is 3.61. The van der Waals surface area contributed by atoms with Crippen LogP contribution < -0.4 is 9.47 Å². The summed E-state index contributed by atoms with van der Waals surface area (Å²) in [5, 5.41) is 0.324. The van der Waals surface area contributed by atoms with Crippen molar-refractivity contribution >= 4 is 24.2 Å². The molecule has 0 radical (unpaired) electrons. The highest BCUT2D eigenvalue weighted by Gasteiger charge is 2.22. The van der Waals surface area contributed by atoms with Crippen LogP contribution in [0.25, 0.3) is 0 Å². The first kappa shape index (κ1) is 11.9. The van der Waals surface area contributed by atoms with Gasteiger partial charge in [-0.25, -0.2) is 0 Å². The Labute approximate surface area is 103 Å².